The number of nitrogens with zero attached hydrogens (tertiary/aromatic N) is 1. The molecule has 1 aliphatic rings. The van der Waals surface area contributed by atoms with E-state index in [0.29, 0.717) is 5.92 Å². The highest BCUT2D eigenvalue weighted by atomic mass is 14.7. The minimum Gasteiger partial charge on any atom is -0.256 e. The van der Waals surface area contributed by atoms with Crippen LogP contribution in [0.15, 0.2) is 42.6 Å². The van der Waals surface area contributed by atoms with Crippen molar-refractivity contribution in [3.63, 3.8) is 0 Å². The normalized spacial score (nSPS) is 15.3. The van der Waals surface area contributed by atoms with E-state index in [4.69, 9.17) is 4.98 Å². The van der Waals surface area contributed by atoms with E-state index in [1.54, 1.807) is 0 Å². The van der Waals surface area contributed by atoms with Gasteiger partial charge in [-0.3, -0.25) is 4.98 Å². The Hall–Kier alpha value is -2.15. The van der Waals surface area contributed by atoms with Crippen LogP contribution in [-0.4, -0.2) is 4.98 Å². The Bertz CT molecular complexity index is 946. The SMILES string of the molecule is Cc1cc(C(C)C)cc(-c2cc3cc(C4CCCC4)ccc3cn2)c1C. The Balaban J connectivity index is 1.82. The molecule has 134 valence electrons. The van der Waals surface area contributed by atoms with E-state index >= 15 is 0 Å². The van der Waals surface area contributed by atoms with E-state index < -0.39 is 0 Å². The van der Waals surface area contributed by atoms with Crippen molar-refractivity contribution in [1.29, 1.82) is 0 Å². The first-order valence-corrected chi connectivity index (χ1v) is 10.0. The van der Waals surface area contributed by atoms with Crippen LogP contribution in [-0.2, 0) is 0 Å². The molecular formula is C25H29N. The maximum Gasteiger partial charge on any atom is 0.0711 e. The quantitative estimate of drug-likeness (QED) is 0.486. The summed E-state index contributed by atoms with van der Waals surface area (Å²) in [7, 11) is 0. The van der Waals surface area contributed by atoms with Crippen molar-refractivity contribution >= 4 is 10.8 Å². The lowest BCUT2D eigenvalue weighted by Crippen LogP contribution is -1.96. The first-order chi connectivity index (χ1) is 12.5. The van der Waals surface area contributed by atoms with Gasteiger partial charge in [0, 0.05) is 17.1 Å². The van der Waals surface area contributed by atoms with Crippen LogP contribution in [0.5, 0.6) is 0 Å². The van der Waals surface area contributed by atoms with E-state index in [-0.39, 0.29) is 0 Å². The van der Waals surface area contributed by atoms with E-state index in [1.165, 1.54) is 64.3 Å². The fraction of sp³-hybridized carbons (Fsp3) is 0.400. The van der Waals surface area contributed by atoms with Gasteiger partial charge < -0.3 is 0 Å². The summed E-state index contributed by atoms with van der Waals surface area (Å²) in [5, 5.41) is 2.57. The minimum atomic E-state index is 0.530. The van der Waals surface area contributed by atoms with Crippen molar-refractivity contribution in [3.8, 4) is 11.3 Å². The summed E-state index contributed by atoms with van der Waals surface area (Å²) in [5.41, 5.74) is 7.98. The zero-order chi connectivity index (χ0) is 18.3. The molecule has 1 heterocycles. The largest absolute Gasteiger partial charge is 0.256 e. The van der Waals surface area contributed by atoms with E-state index in [1.807, 2.05) is 6.20 Å². The number of rotatable bonds is 3. The minimum absolute atomic E-state index is 0.530. The van der Waals surface area contributed by atoms with Gasteiger partial charge in [-0.1, -0.05) is 51.0 Å². The van der Waals surface area contributed by atoms with Gasteiger partial charge in [0.1, 0.15) is 0 Å². The molecule has 1 aliphatic carbocycles. The monoisotopic (exact) mass is 343 g/mol. The average molecular weight is 344 g/mol. The van der Waals surface area contributed by atoms with Crippen molar-refractivity contribution in [2.24, 2.45) is 0 Å². The molecule has 0 bridgehead atoms. The molecule has 4 rings (SSSR count). The second kappa shape index (κ2) is 6.87. The van der Waals surface area contributed by atoms with Gasteiger partial charge in [-0.05, 0) is 78.3 Å². The van der Waals surface area contributed by atoms with Crippen molar-refractivity contribution < 1.29 is 0 Å². The zero-order valence-electron chi connectivity index (χ0n) is 16.5. The van der Waals surface area contributed by atoms with Crippen LogP contribution in [0.1, 0.15) is 73.6 Å². The first-order valence-electron chi connectivity index (χ1n) is 10.0. The highest BCUT2D eigenvalue weighted by Crippen LogP contribution is 2.36. The molecule has 1 fully saturated rings. The fourth-order valence-electron chi connectivity index (χ4n) is 4.31. The van der Waals surface area contributed by atoms with Crippen LogP contribution in [0.25, 0.3) is 22.0 Å². The highest BCUT2D eigenvalue weighted by Gasteiger charge is 2.17. The molecule has 26 heavy (non-hydrogen) atoms. The maximum atomic E-state index is 4.81. The Morgan fingerprint density at radius 1 is 0.923 bits per heavy atom. The summed E-state index contributed by atoms with van der Waals surface area (Å²) >= 11 is 0. The number of pyridine rings is 1. The number of hydrogen-bond donors (Lipinski definition) is 0. The number of aryl methyl sites for hydroxylation is 1. The third-order valence-corrected chi connectivity index (χ3v) is 6.20. The van der Waals surface area contributed by atoms with Gasteiger partial charge in [-0.25, -0.2) is 0 Å². The third kappa shape index (κ3) is 3.16. The molecule has 1 aromatic heterocycles. The third-order valence-electron chi connectivity index (χ3n) is 6.20. The predicted molar refractivity (Wildman–Crippen MR) is 112 cm³/mol. The molecule has 1 saturated carbocycles. The smallest absolute Gasteiger partial charge is 0.0711 e. The molecule has 0 atom stereocenters. The van der Waals surface area contributed by atoms with Crippen molar-refractivity contribution in [2.75, 3.05) is 0 Å². The zero-order valence-corrected chi connectivity index (χ0v) is 16.5. The number of aromatic nitrogens is 1. The molecule has 2 aromatic carbocycles. The Morgan fingerprint density at radius 2 is 1.69 bits per heavy atom. The van der Waals surface area contributed by atoms with Crippen LogP contribution in [0.4, 0.5) is 0 Å². The summed E-state index contributed by atoms with van der Waals surface area (Å²) in [6, 6.07) is 13.9. The predicted octanol–water partition coefficient (Wildman–Crippen LogP) is 7.30. The molecule has 0 spiro atoms. The molecular weight excluding hydrogens is 314 g/mol. The second-order valence-corrected chi connectivity index (χ2v) is 8.32. The molecule has 1 nitrogen and oxygen atoms in total. The molecule has 0 aliphatic heterocycles. The molecule has 3 aromatic rings. The number of benzene rings is 2. The summed E-state index contributed by atoms with van der Waals surface area (Å²) in [4.78, 5) is 4.81. The standard InChI is InChI=1S/C25H29N/c1-16(2)22-11-17(3)18(4)24(13-22)25-14-23-12-20(19-7-5-6-8-19)9-10-21(23)15-26-25/h9-16,19H,5-8H2,1-4H3. The van der Waals surface area contributed by atoms with E-state index in [9.17, 15) is 0 Å². The van der Waals surface area contributed by atoms with Crippen LogP contribution < -0.4 is 0 Å². The van der Waals surface area contributed by atoms with Gasteiger partial charge in [0.15, 0.2) is 0 Å². The lowest BCUT2D eigenvalue weighted by molar-refractivity contribution is 0.724. The molecule has 0 N–H and O–H groups in total. The topological polar surface area (TPSA) is 12.9 Å². The second-order valence-electron chi connectivity index (χ2n) is 8.32. The molecule has 0 amide bonds. The van der Waals surface area contributed by atoms with Gasteiger partial charge >= 0.3 is 0 Å². The molecule has 0 saturated heterocycles. The van der Waals surface area contributed by atoms with Crippen molar-refractivity contribution in [1.82, 2.24) is 4.98 Å². The summed E-state index contributed by atoms with van der Waals surface area (Å²) in [5.74, 6) is 1.28. The van der Waals surface area contributed by atoms with E-state index in [0.717, 1.165) is 11.6 Å². The van der Waals surface area contributed by atoms with Crippen molar-refractivity contribution in [2.45, 2.75) is 65.2 Å². The van der Waals surface area contributed by atoms with Gasteiger partial charge in [0.25, 0.3) is 0 Å². The molecule has 0 radical (unpaired) electrons. The van der Waals surface area contributed by atoms with Gasteiger partial charge in [0.2, 0.25) is 0 Å². The Morgan fingerprint density at radius 3 is 2.42 bits per heavy atom. The fourth-order valence-corrected chi connectivity index (χ4v) is 4.31. The Kier molecular flexibility index (Phi) is 4.56. The van der Waals surface area contributed by atoms with Crippen LogP contribution in [0, 0.1) is 13.8 Å². The summed E-state index contributed by atoms with van der Waals surface area (Å²) < 4.78 is 0. The number of fused-ring (bicyclic) bond motifs is 1. The molecule has 1 heteroatoms. The van der Waals surface area contributed by atoms with Gasteiger partial charge in [-0.15, -0.1) is 0 Å². The summed E-state index contributed by atoms with van der Waals surface area (Å²) in [6.45, 7) is 8.95. The van der Waals surface area contributed by atoms with Crippen LogP contribution in [0.3, 0.4) is 0 Å². The van der Waals surface area contributed by atoms with Crippen LogP contribution in [0.2, 0.25) is 0 Å². The summed E-state index contributed by atoms with van der Waals surface area (Å²) in [6.07, 6.45) is 7.49. The average Bonchev–Trinajstić information content (AvgIpc) is 3.17. The first kappa shape index (κ1) is 17.3. The highest BCUT2D eigenvalue weighted by molar-refractivity contribution is 5.86. The van der Waals surface area contributed by atoms with Gasteiger partial charge in [0.05, 0.1) is 5.69 Å². The lowest BCUT2D eigenvalue weighted by Gasteiger charge is -2.15. The molecule has 0 unspecified atom stereocenters. The van der Waals surface area contributed by atoms with Gasteiger partial charge in [-0.2, -0.15) is 0 Å². The van der Waals surface area contributed by atoms with Crippen molar-refractivity contribution in [3.05, 3.63) is 64.8 Å². The Labute approximate surface area is 157 Å². The van der Waals surface area contributed by atoms with E-state index in [2.05, 4.69) is 64.1 Å². The number of hydrogen-bond acceptors (Lipinski definition) is 1. The lowest BCUT2D eigenvalue weighted by atomic mass is 9.91. The maximum absolute atomic E-state index is 4.81. The van der Waals surface area contributed by atoms with Crippen LogP contribution >= 0.6 is 0 Å².